The van der Waals surface area contributed by atoms with Gasteiger partial charge in [0.25, 0.3) is 0 Å². The molecule has 174 valence electrons. The molecular weight excluding hydrogens is 416 g/mol. The molecule has 0 spiro atoms. The molecule has 0 bridgehead atoms. The number of aliphatic hydroxyl groups is 1. The van der Waals surface area contributed by atoms with Crippen LogP contribution < -0.4 is 10.6 Å². The van der Waals surface area contributed by atoms with E-state index < -0.39 is 6.10 Å². The van der Waals surface area contributed by atoms with E-state index in [1.54, 1.807) is 0 Å². The standard InChI is InChI=1S/C26H32N4O3/c1-18-28-21-10-6-7-11-23(21)30(18)16-25(33)27-17-26(20-8-4-3-5-9-20)14-12-22(29-19(2)31)24(32)13-15-26/h3-11,22,24,32H,12-17H2,1-2H3,(H,27,33)(H,29,31)/t22-,24-,26-/m0/s1. The van der Waals surface area contributed by atoms with Crippen LogP contribution in [0, 0.1) is 6.92 Å². The molecule has 0 unspecified atom stereocenters. The maximum atomic E-state index is 13.0. The Bertz CT molecular complexity index is 1130. The van der Waals surface area contributed by atoms with Crippen molar-refractivity contribution in [3.05, 3.63) is 66.0 Å². The summed E-state index contributed by atoms with van der Waals surface area (Å²) >= 11 is 0. The average molecular weight is 449 g/mol. The van der Waals surface area contributed by atoms with E-state index in [9.17, 15) is 14.7 Å². The number of imidazole rings is 1. The van der Waals surface area contributed by atoms with Gasteiger partial charge in [-0.25, -0.2) is 4.98 Å². The van der Waals surface area contributed by atoms with Crippen LogP contribution in [0.3, 0.4) is 0 Å². The Morgan fingerprint density at radius 3 is 2.55 bits per heavy atom. The van der Waals surface area contributed by atoms with Crippen LogP contribution in [-0.2, 0) is 21.5 Å². The van der Waals surface area contributed by atoms with Crippen molar-refractivity contribution in [2.45, 2.75) is 63.6 Å². The minimum absolute atomic E-state index is 0.0697. The van der Waals surface area contributed by atoms with Crippen molar-refractivity contribution in [2.75, 3.05) is 6.54 Å². The molecule has 0 radical (unpaired) electrons. The highest BCUT2D eigenvalue weighted by Crippen LogP contribution is 2.38. The molecule has 3 atom stereocenters. The molecule has 2 amide bonds. The summed E-state index contributed by atoms with van der Waals surface area (Å²) in [5.41, 5.74) is 2.66. The Hall–Kier alpha value is -3.19. The van der Waals surface area contributed by atoms with E-state index in [-0.39, 0.29) is 29.8 Å². The van der Waals surface area contributed by atoms with Crippen molar-refractivity contribution < 1.29 is 14.7 Å². The lowest BCUT2D eigenvalue weighted by atomic mass is 9.74. The molecule has 2 aromatic carbocycles. The van der Waals surface area contributed by atoms with Gasteiger partial charge in [0.05, 0.1) is 23.2 Å². The summed E-state index contributed by atoms with van der Waals surface area (Å²) in [6.07, 6.45) is 2.08. The highest BCUT2D eigenvalue weighted by atomic mass is 16.3. The minimum Gasteiger partial charge on any atom is -0.391 e. The van der Waals surface area contributed by atoms with E-state index in [1.165, 1.54) is 6.92 Å². The van der Waals surface area contributed by atoms with E-state index in [0.29, 0.717) is 19.4 Å². The summed E-state index contributed by atoms with van der Waals surface area (Å²) < 4.78 is 1.93. The van der Waals surface area contributed by atoms with Crippen LogP contribution >= 0.6 is 0 Å². The third-order valence-corrected chi connectivity index (χ3v) is 6.86. The van der Waals surface area contributed by atoms with Crippen molar-refractivity contribution in [2.24, 2.45) is 0 Å². The number of nitrogens with zero attached hydrogens (tertiary/aromatic N) is 2. The first-order chi connectivity index (χ1) is 15.9. The fourth-order valence-corrected chi connectivity index (χ4v) is 5.03. The van der Waals surface area contributed by atoms with Crippen molar-refractivity contribution in [1.82, 2.24) is 20.2 Å². The molecule has 7 nitrogen and oxygen atoms in total. The Morgan fingerprint density at radius 1 is 1.09 bits per heavy atom. The summed E-state index contributed by atoms with van der Waals surface area (Å²) in [6, 6.07) is 17.7. The molecule has 7 heteroatoms. The third kappa shape index (κ3) is 5.09. The topological polar surface area (TPSA) is 96.3 Å². The summed E-state index contributed by atoms with van der Waals surface area (Å²) in [5.74, 6) is 0.599. The van der Waals surface area contributed by atoms with Gasteiger partial charge in [-0.05, 0) is 50.3 Å². The highest BCUT2D eigenvalue weighted by Gasteiger charge is 2.38. The number of rotatable bonds is 6. The van der Waals surface area contributed by atoms with Gasteiger partial charge in [-0.1, -0.05) is 42.5 Å². The van der Waals surface area contributed by atoms with Crippen molar-refractivity contribution >= 4 is 22.8 Å². The van der Waals surface area contributed by atoms with Crippen molar-refractivity contribution in [3.8, 4) is 0 Å². The first-order valence-electron chi connectivity index (χ1n) is 11.6. The van der Waals surface area contributed by atoms with Crippen LogP contribution in [0.2, 0.25) is 0 Å². The largest absolute Gasteiger partial charge is 0.391 e. The number of carbonyl (C=O) groups excluding carboxylic acids is 2. The number of para-hydroxylation sites is 2. The van der Waals surface area contributed by atoms with Gasteiger partial charge in [0.2, 0.25) is 11.8 Å². The molecule has 33 heavy (non-hydrogen) atoms. The van der Waals surface area contributed by atoms with Crippen molar-refractivity contribution in [3.63, 3.8) is 0 Å². The van der Waals surface area contributed by atoms with E-state index in [4.69, 9.17) is 0 Å². The lowest BCUT2D eigenvalue weighted by Crippen LogP contribution is -2.42. The summed E-state index contributed by atoms with van der Waals surface area (Å²) in [7, 11) is 0. The molecule has 1 fully saturated rings. The number of amides is 2. The predicted octanol–water partition coefficient (Wildman–Crippen LogP) is 2.84. The molecule has 1 aliphatic rings. The number of hydrogen-bond donors (Lipinski definition) is 3. The van der Waals surface area contributed by atoms with Gasteiger partial charge in [0.15, 0.2) is 0 Å². The van der Waals surface area contributed by atoms with Gasteiger partial charge in [-0.15, -0.1) is 0 Å². The van der Waals surface area contributed by atoms with Crippen LogP contribution in [0.4, 0.5) is 0 Å². The smallest absolute Gasteiger partial charge is 0.240 e. The average Bonchev–Trinajstić information content (AvgIpc) is 3.03. The van der Waals surface area contributed by atoms with Crippen molar-refractivity contribution in [1.29, 1.82) is 0 Å². The lowest BCUT2D eigenvalue weighted by Gasteiger charge is -2.34. The fraction of sp³-hybridized carbons (Fsp3) is 0.423. The minimum atomic E-state index is -0.602. The van der Waals surface area contributed by atoms with Crippen LogP contribution in [0.1, 0.15) is 44.0 Å². The maximum absolute atomic E-state index is 13.0. The summed E-state index contributed by atoms with van der Waals surface area (Å²) in [4.78, 5) is 29.2. The maximum Gasteiger partial charge on any atom is 0.240 e. The molecule has 4 rings (SSSR count). The Morgan fingerprint density at radius 2 is 1.79 bits per heavy atom. The Balaban J connectivity index is 1.52. The van der Waals surface area contributed by atoms with E-state index in [2.05, 4.69) is 27.8 Å². The number of aliphatic hydroxyl groups excluding tert-OH is 1. The highest BCUT2D eigenvalue weighted by molar-refractivity contribution is 5.81. The Labute approximate surface area is 194 Å². The van der Waals surface area contributed by atoms with Gasteiger partial charge in [-0.3, -0.25) is 9.59 Å². The zero-order valence-corrected chi connectivity index (χ0v) is 19.3. The quantitative estimate of drug-likeness (QED) is 0.505. The van der Waals surface area contributed by atoms with Gasteiger partial charge < -0.3 is 20.3 Å². The number of aromatic nitrogens is 2. The second-order valence-corrected chi connectivity index (χ2v) is 9.11. The third-order valence-electron chi connectivity index (χ3n) is 6.86. The molecule has 3 N–H and O–H groups in total. The first kappa shape index (κ1) is 23.0. The molecule has 0 aliphatic heterocycles. The van der Waals surface area contributed by atoms with Gasteiger partial charge in [0.1, 0.15) is 12.4 Å². The van der Waals surface area contributed by atoms with Crippen LogP contribution in [0.25, 0.3) is 11.0 Å². The van der Waals surface area contributed by atoms with E-state index in [1.807, 2.05) is 54.0 Å². The summed E-state index contributed by atoms with van der Waals surface area (Å²) in [5, 5.41) is 16.7. The van der Waals surface area contributed by atoms with E-state index in [0.717, 1.165) is 35.3 Å². The number of aryl methyl sites for hydroxylation is 1. The van der Waals surface area contributed by atoms with Crippen LogP contribution in [-0.4, -0.2) is 45.2 Å². The normalized spacial score (nSPS) is 23.1. The monoisotopic (exact) mass is 448 g/mol. The molecule has 1 aliphatic carbocycles. The molecule has 1 heterocycles. The molecule has 1 aromatic heterocycles. The zero-order chi connectivity index (χ0) is 23.4. The van der Waals surface area contributed by atoms with Gasteiger partial charge in [-0.2, -0.15) is 0 Å². The SMILES string of the molecule is CC(=O)N[C@H]1CC[C@](CNC(=O)Cn2c(C)nc3ccccc32)(c2ccccc2)CC[C@@H]1O. The van der Waals surface area contributed by atoms with Gasteiger partial charge in [0, 0.05) is 18.9 Å². The van der Waals surface area contributed by atoms with Crippen LogP contribution in [0.5, 0.6) is 0 Å². The molecular formula is C26H32N4O3. The van der Waals surface area contributed by atoms with Gasteiger partial charge >= 0.3 is 0 Å². The predicted molar refractivity (Wildman–Crippen MR) is 128 cm³/mol. The summed E-state index contributed by atoms with van der Waals surface area (Å²) in [6.45, 7) is 4.06. The molecule has 3 aromatic rings. The Kier molecular flexibility index (Phi) is 6.79. The molecule has 1 saturated carbocycles. The number of benzene rings is 2. The number of carbonyl (C=O) groups is 2. The number of nitrogens with one attached hydrogen (secondary N) is 2. The first-order valence-corrected chi connectivity index (χ1v) is 11.6. The molecule has 0 saturated heterocycles. The number of hydrogen-bond acceptors (Lipinski definition) is 4. The van der Waals surface area contributed by atoms with Crippen LogP contribution in [0.15, 0.2) is 54.6 Å². The second kappa shape index (κ2) is 9.75. The fourth-order valence-electron chi connectivity index (χ4n) is 5.03. The number of fused-ring (bicyclic) bond motifs is 1. The second-order valence-electron chi connectivity index (χ2n) is 9.11. The lowest BCUT2D eigenvalue weighted by molar-refractivity contribution is -0.122. The van der Waals surface area contributed by atoms with E-state index >= 15 is 0 Å². The zero-order valence-electron chi connectivity index (χ0n) is 19.3.